The van der Waals surface area contributed by atoms with Crippen molar-refractivity contribution < 1.29 is 24.3 Å². The summed E-state index contributed by atoms with van der Waals surface area (Å²) in [6.45, 7) is 1.33. The predicted molar refractivity (Wildman–Crippen MR) is 140 cm³/mol. The van der Waals surface area contributed by atoms with E-state index in [9.17, 15) is 24.3 Å². The van der Waals surface area contributed by atoms with Gasteiger partial charge in [0.25, 0.3) is 0 Å². The molecule has 4 N–H and O–H groups in total. The van der Waals surface area contributed by atoms with Crippen LogP contribution in [0, 0.1) is 0 Å². The van der Waals surface area contributed by atoms with Crippen LogP contribution in [0.2, 0.25) is 0 Å². The Kier molecular flexibility index (Phi) is 9.42. The summed E-state index contributed by atoms with van der Waals surface area (Å²) in [4.78, 5) is 56.9. The summed E-state index contributed by atoms with van der Waals surface area (Å²) in [7, 11) is 0. The smallest absolute Gasteiger partial charge is 0.326 e. The highest BCUT2D eigenvalue weighted by Gasteiger charge is 2.38. The normalized spacial score (nSPS) is 20.5. The quantitative estimate of drug-likeness (QED) is 0.346. The predicted octanol–water partition coefficient (Wildman–Crippen LogP) is 1.05. The molecule has 2 aliphatic rings. The fourth-order valence-electron chi connectivity index (χ4n) is 5.20. The number of amides is 3. The van der Waals surface area contributed by atoms with E-state index in [1.54, 1.807) is 29.4 Å². The SMILES string of the molecule is O=C(CC(Cc1ccccc1)NC(=O)C1CCCN1C(=O)C1CCCN1)NC(Cc1cccnc1)C(=O)O. The van der Waals surface area contributed by atoms with Crippen molar-refractivity contribution in [1.82, 2.24) is 25.8 Å². The highest BCUT2D eigenvalue weighted by molar-refractivity contribution is 5.91. The van der Waals surface area contributed by atoms with Crippen molar-refractivity contribution in [3.05, 3.63) is 66.0 Å². The van der Waals surface area contributed by atoms with E-state index in [-0.39, 0.29) is 30.7 Å². The zero-order chi connectivity index (χ0) is 26.9. The zero-order valence-electron chi connectivity index (χ0n) is 21.3. The van der Waals surface area contributed by atoms with Gasteiger partial charge in [-0.25, -0.2) is 4.79 Å². The molecule has 1 aromatic heterocycles. The second-order valence-corrected chi connectivity index (χ2v) is 9.96. The average molecular weight is 522 g/mol. The van der Waals surface area contributed by atoms with E-state index in [0.717, 1.165) is 31.4 Å². The molecule has 202 valence electrons. The molecular formula is C28H35N5O5. The van der Waals surface area contributed by atoms with E-state index >= 15 is 0 Å². The zero-order valence-corrected chi connectivity index (χ0v) is 21.3. The standard InChI is InChI=1S/C28H35N5O5/c34-25(32-23(28(37)38)16-20-9-4-12-29-18-20)17-21(15-19-7-2-1-3-8-19)31-26(35)24-11-6-14-33(24)27(36)22-10-5-13-30-22/h1-4,7-9,12,18,21-24,30H,5-6,10-11,13-17H2,(H,31,35)(H,32,34)(H,37,38). The van der Waals surface area contributed by atoms with Crippen LogP contribution >= 0.6 is 0 Å². The fourth-order valence-corrected chi connectivity index (χ4v) is 5.20. The van der Waals surface area contributed by atoms with Crippen LogP contribution in [0.25, 0.3) is 0 Å². The van der Waals surface area contributed by atoms with Gasteiger partial charge >= 0.3 is 5.97 Å². The van der Waals surface area contributed by atoms with E-state index in [2.05, 4.69) is 20.9 Å². The van der Waals surface area contributed by atoms with Gasteiger partial charge in [0.2, 0.25) is 17.7 Å². The van der Waals surface area contributed by atoms with Gasteiger partial charge in [-0.3, -0.25) is 19.4 Å². The van der Waals surface area contributed by atoms with Crippen molar-refractivity contribution in [3.8, 4) is 0 Å². The molecule has 4 rings (SSSR count). The summed E-state index contributed by atoms with van der Waals surface area (Å²) >= 11 is 0. The van der Waals surface area contributed by atoms with Crippen LogP contribution in [-0.4, -0.2) is 75.9 Å². The third-order valence-electron chi connectivity index (χ3n) is 7.10. The molecule has 0 radical (unpaired) electrons. The fraction of sp³-hybridized carbons (Fsp3) is 0.464. The number of carbonyl (C=O) groups is 4. The number of hydrogen-bond acceptors (Lipinski definition) is 6. The van der Waals surface area contributed by atoms with Crippen LogP contribution in [0.1, 0.15) is 43.2 Å². The topological polar surface area (TPSA) is 141 Å². The Hall–Kier alpha value is -3.79. The molecule has 4 atom stereocenters. The van der Waals surface area contributed by atoms with Crippen LogP contribution in [-0.2, 0) is 32.0 Å². The third-order valence-corrected chi connectivity index (χ3v) is 7.10. The minimum atomic E-state index is -1.15. The molecule has 4 unspecified atom stereocenters. The van der Waals surface area contributed by atoms with Gasteiger partial charge in [-0.15, -0.1) is 0 Å². The Balaban J connectivity index is 1.42. The van der Waals surface area contributed by atoms with Crippen LogP contribution in [0.3, 0.4) is 0 Å². The number of aromatic nitrogens is 1. The maximum atomic E-state index is 13.4. The number of nitrogens with zero attached hydrogens (tertiary/aromatic N) is 2. The summed E-state index contributed by atoms with van der Waals surface area (Å²) in [5, 5.41) is 18.5. The van der Waals surface area contributed by atoms with Gasteiger partial charge in [-0.05, 0) is 55.8 Å². The Bertz CT molecular complexity index is 1110. The molecule has 1 aromatic carbocycles. The first-order valence-corrected chi connectivity index (χ1v) is 13.2. The van der Waals surface area contributed by atoms with E-state index in [0.29, 0.717) is 24.9 Å². The minimum Gasteiger partial charge on any atom is -0.480 e. The van der Waals surface area contributed by atoms with E-state index < -0.39 is 30.0 Å². The molecule has 3 heterocycles. The summed E-state index contributed by atoms with van der Waals surface area (Å²) in [5.41, 5.74) is 1.63. The molecule has 10 heteroatoms. The molecule has 0 aliphatic carbocycles. The van der Waals surface area contributed by atoms with Crippen molar-refractivity contribution >= 4 is 23.7 Å². The van der Waals surface area contributed by atoms with Gasteiger partial charge in [0.1, 0.15) is 12.1 Å². The second-order valence-electron chi connectivity index (χ2n) is 9.96. The number of hydrogen-bond donors (Lipinski definition) is 4. The lowest BCUT2D eigenvalue weighted by Crippen LogP contribution is -2.53. The summed E-state index contributed by atoms with van der Waals surface area (Å²) in [5.74, 6) is -1.95. The number of rotatable bonds is 11. The maximum Gasteiger partial charge on any atom is 0.326 e. The van der Waals surface area contributed by atoms with Crippen LogP contribution < -0.4 is 16.0 Å². The van der Waals surface area contributed by atoms with E-state index in [1.165, 1.54) is 0 Å². The van der Waals surface area contributed by atoms with Crippen LogP contribution in [0.15, 0.2) is 54.9 Å². The summed E-state index contributed by atoms with van der Waals surface area (Å²) in [6, 6.07) is 10.4. The summed E-state index contributed by atoms with van der Waals surface area (Å²) in [6.07, 6.45) is 6.58. The molecule has 0 spiro atoms. The number of benzene rings is 1. The molecule has 2 aliphatic heterocycles. The number of aliphatic carboxylic acids is 1. The second kappa shape index (κ2) is 13.1. The number of carboxylic acids is 1. The number of pyridine rings is 1. The van der Waals surface area contributed by atoms with Crippen molar-refractivity contribution in [3.63, 3.8) is 0 Å². The highest BCUT2D eigenvalue weighted by atomic mass is 16.4. The Labute approximate surface area is 222 Å². The van der Waals surface area contributed by atoms with Crippen molar-refractivity contribution in [1.29, 1.82) is 0 Å². The molecule has 2 saturated heterocycles. The lowest BCUT2D eigenvalue weighted by atomic mass is 10.0. The lowest BCUT2D eigenvalue weighted by Gasteiger charge is -2.28. The van der Waals surface area contributed by atoms with Gasteiger partial charge < -0.3 is 26.0 Å². The third kappa shape index (κ3) is 7.38. The average Bonchev–Trinajstić information content (AvgIpc) is 3.62. The van der Waals surface area contributed by atoms with Gasteiger partial charge in [-0.2, -0.15) is 0 Å². The summed E-state index contributed by atoms with van der Waals surface area (Å²) < 4.78 is 0. The molecule has 3 amide bonds. The van der Waals surface area contributed by atoms with Crippen LogP contribution in [0.4, 0.5) is 0 Å². The molecular weight excluding hydrogens is 486 g/mol. The first kappa shape index (κ1) is 27.3. The van der Waals surface area contributed by atoms with Gasteiger partial charge in [0, 0.05) is 37.8 Å². The molecule has 0 bridgehead atoms. The Morgan fingerprint density at radius 1 is 1.00 bits per heavy atom. The first-order valence-electron chi connectivity index (χ1n) is 13.2. The van der Waals surface area contributed by atoms with Crippen LogP contribution in [0.5, 0.6) is 0 Å². The molecule has 10 nitrogen and oxygen atoms in total. The van der Waals surface area contributed by atoms with Crippen molar-refractivity contribution in [2.24, 2.45) is 0 Å². The van der Waals surface area contributed by atoms with Gasteiger partial charge in [0.15, 0.2) is 0 Å². The van der Waals surface area contributed by atoms with Gasteiger partial charge in [-0.1, -0.05) is 36.4 Å². The lowest BCUT2D eigenvalue weighted by molar-refractivity contribution is -0.142. The number of nitrogens with one attached hydrogen (secondary N) is 3. The number of carbonyl (C=O) groups excluding carboxylic acids is 3. The molecule has 38 heavy (non-hydrogen) atoms. The Morgan fingerprint density at radius 2 is 1.79 bits per heavy atom. The monoisotopic (exact) mass is 521 g/mol. The molecule has 2 aromatic rings. The maximum absolute atomic E-state index is 13.4. The van der Waals surface area contributed by atoms with Crippen molar-refractivity contribution in [2.75, 3.05) is 13.1 Å². The van der Waals surface area contributed by atoms with Crippen molar-refractivity contribution in [2.45, 2.75) is 69.1 Å². The minimum absolute atomic E-state index is 0.0443. The van der Waals surface area contributed by atoms with Gasteiger partial charge in [0.05, 0.1) is 6.04 Å². The Morgan fingerprint density at radius 3 is 2.47 bits per heavy atom. The molecule has 2 fully saturated rings. The largest absolute Gasteiger partial charge is 0.480 e. The molecule has 0 saturated carbocycles. The number of carboxylic acid groups (broad SMARTS) is 1. The number of likely N-dealkylation sites (tertiary alicyclic amines) is 1. The van der Waals surface area contributed by atoms with E-state index in [4.69, 9.17) is 0 Å². The first-order chi connectivity index (χ1) is 18.4. The highest BCUT2D eigenvalue weighted by Crippen LogP contribution is 2.21. The van der Waals surface area contributed by atoms with E-state index in [1.807, 2.05) is 30.3 Å².